The molecule has 0 aliphatic heterocycles. The second-order valence-corrected chi connectivity index (χ2v) is 4.66. The van der Waals surface area contributed by atoms with Crippen molar-refractivity contribution in [3.05, 3.63) is 0 Å². The topological polar surface area (TPSA) is 26.3 Å². The van der Waals surface area contributed by atoms with Crippen LogP contribution < -0.4 is 0 Å². The Hall–Kier alpha value is -0.530. The van der Waals surface area contributed by atoms with E-state index in [4.69, 9.17) is 4.74 Å². The molecular formula is C12H20O2. The summed E-state index contributed by atoms with van der Waals surface area (Å²) in [6, 6.07) is 0. The number of hydrogen-bond acceptors (Lipinski definition) is 2. The third kappa shape index (κ3) is 2.10. The van der Waals surface area contributed by atoms with Gasteiger partial charge in [-0.3, -0.25) is 4.79 Å². The van der Waals surface area contributed by atoms with E-state index < -0.39 is 0 Å². The smallest absolute Gasteiger partial charge is 0.309 e. The van der Waals surface area contributed by atoms with Crippen LogP contribution in [0.5, 0.6) is 0 Å². The first-order valence-electron chi connectivity index (χ1n) is 5.99. The summed E-state index contributed by atoms with van der Waals surface area (Å²) in [5, 5.41) is 0. The maximum absolute atomic E-state index is 11.4. The van der Waals surface area contributed by atoms with Gasteiger partial charge in [-0.1, -0.05) is 32.1 Å². The van der Waals surface area contributed by atoms with Gasteiger partial charge in [-0.2, -0.15) is 0 Å². The van der Waals surface area contributed by atoms with E-state index in [0.717, 1.165) is 12.3 Å². The number of carbonyl (C=O) groups is 1. The lowest BCUT2D eigenvalue weighted by molar-refractivity contribution is -0.145. The molecule has 0 radical (unpaired) electrons. The van der Waals surface area contributed by atoms with E-state index in [0.29, 0.717) is 12.5 Å². The Morgan fingerprint density at radius 2 is 2.00 bits per heavy atom. The van der Waals surface area contributed by atoms with Gasteiger partial charge in [0.25, 0.3) is 0 Å². The minimum absolute atomic E-state index is 0.0584. The van der Waals surface area contributed by atoms with Gasteiger partial charge < -0.3 is 4.74 Å². The van der Waals surface area contributed by atoms with Gasteiger partial charge in [-0.25, -0.2) is 0 Å². The van der Waals surface area contributed by atoms with Crippen molar-refractivity contribution in [2.45, 2.75) is 45.4 Å². The third-order valence-corrected chi connectivity index (χ3v) is 3.68. The second-order valence-electron chi connectivity index (χ2n) is 4.66. The highest BCUT2D eigenvalue weighted by Gasteiger charge is 2.48. The van der Waals surface area contributed by atoms with Gasteiger partial charge in [0, 0.05) is 0 Å². The standard InChI is InChI=1S/C12H20O2/c1-2-14-12(13)11-8-10(11)9-6-4-3-5-7-9/h9-11H,2-8H2,1H3. The predicted octanol–water partition coefficient (Wildman–Crippen LogP) is 2.77. The van der Waals surface area contributed by atoms with Crippen LogP contribution in [0.2, 0.25) is 0 Å². The fraction of sp³-hybridized carbons (Fsp3) is 0.917. The van der Waals surface area contributed by atoms with Gasteiger partial charge in [0.1, 0.15) is 0 Å². The van der Waals surface area contributed by atoms with Crippen LogP contribution in [-0.4, -0.2) is 12.6 Å². The molecule has 2 fully saturated rings. The molecule has 2 aliphatic carbocycles. The number of carbonyl (C=O) groups excluding carboxylic acids is 1. The van der Waals surface area contributed by atoms with Gasteiger partial charge in [0.15, 0.2) is 0 Å². The zero-order chi connectivity index (χ0) is 9.97. The zero-order valence-corrected chi connectivity index (χ0v) is 9.00. The van der Waals surface area contributed by atoms with Crippen LogP contribution in [0.1, 0.15) is 45.4 Å². The van der Waals surface area contributed by atoms with Crippen molar-refractivity contribution < 1.29 is 9.53 Å². The molecule has 80 valence electrons. The molecule has 2 nitrogen and oxygen atoms in total. The number of ether oxygens (including phenoxy) is 1. The van der Waals surface area contributed by atoms with Gasteiger partial charge >= 0.3 is 5.97 Å². The second kappa shape index (κ2) is 4.33. The third-order valence-electron chi connectivity index (χ3n) is 3.68. The Morgan fingerprint density at radius 3 is 2.64 bits per heavy atom. The first kappa shape index (κ1) is 10.0. The van der Waals surface area contributed by atoms with E-state index in [1.165, 1.54) is 32.1 Å². The molecule has 0 bridgehead atoms. The van der Waals surface area contributed by atoms with Crippen molar-refractivity contribution >= 4 is 5.97 Å². The molecule has 0 heterocycles. The highest BCUT2D eigenvalue weighted by Crippen LogP contribution is 2.49. The molecule has 0 amide bonds. The first-order valence-corrected chi connectivity index (χ1v) is 5.99. The quantitative estimate of drug-likeness (QED) is 0.649. The minimum Gasteiger partial charge on any atom is -0.466 e. The molecule has 0 aromatic rings. The van der Waals surface area contributed by atoms with E-state index in [1.807, 2.05) is 6.92 Å². The molecule has 0 N–H and O–H groups in total. The molecule has 2 rings (SSSR count). The maximum Gasteiger partial charge on any atom is 0.309 e. The highest BCUT2D eigenvalue weighted by atomic mass is 16.5. The first-order chi connectivity index (χ1) is 6.83. The van der Waals surface area contributed by atoms with Crippen molar-refractivity contribution in [2.24, 2.45) is 17.8 Å². The molecule has 0 spiro atoms. The molecule has 2 unspecified atom stereocenters. The van der Waals surface area contributed by atoms with Crippen LogP contribution in [0.4, 0.5) is 0 Å². The van der Waals surface area contributed by atoms with Crippen LogP contribution in [0.25, 0.3) is 0 Å². The lowest BCUT2D eigenvalue weighted by Gasteiger charge is -2.21. The van der Waals surface area contributed by atoms with Crippen LogP contribution in [0.3, 0.4) is 0 Å². The summed E-state index contributed by atoms with van der Waals surface area (Å²) >= 11 is 0. The largest absolute Gasteiger partial charge is 0.466 e. The van der Waals surface area contributed by atoms with E-state index >= 15 is 0 Å². The lowest BCUT2D eigenvalue weighted by atomic mass is 9.85. The molecule has 0 aromatic carbocycles. The average Bonchev–Trinajstić information content (AvgIpc) is 2.99. The maximum atomic E-state index is 11.4. The van der Waals surface area contributed by atoms with Gasteiger partial charge in [-0.05, 0) is 25.2 Å². The lowest BCUT2D eigenvalue weighted by Crippen LogP contribution is -2.14. The van der Waals surface area contributed by atoms with Gasteiger partial charge in [-0.15, -0.1) is 0 Å². The van der Waals surface area contributed by atoms with Crippen LogP contribution in [0, 0.1) is 17.8 Å². The summed E-state index contributed by atoms with van der Waals surface area (Å²) < 4.78 is 5.05. The van der Waals surface area contributed by atoms with Crippen molar-refractivity contribution in [3.8, 4) is 0 Å². The zero-order valence-electron chi connectivity index (χ0n) is 9.00. The van der Waals surface area contributed by atoms with Gasteiger partial charge in [0.2, 0.25) is 0 Å². The fourth-order valence-corrected chi connectivity index (χ4v) is 2.82. The fourth-order valence-electron chi connectivity index (χ4n) is 2.82. The summed E-state index contributed by atoms with van der Waals surface area (Å²) in [4.78, 5) is 11.4. The molecule has 2 heteroatoms. The van der Waals surface area contributed by atoms with Crippen LogP contribution in [-0.2, 0) is 9.53 Å². The molecule has 2 aliphatic rings. The Bertz CT molecular complexity index is 206. The Morgan fingerprint density at radius 1 is 1.29 bits per heavy atom. The molecule has 0 saturated heterocycles. The number of esters is 1. The highest BCUT2D eigenvalue weighted by molar-refractivity contribution is 5.75. The Kier molecular flexibility index (Phi) is 3.09. The van der Waals surface area contributed by atoms with Crippen molar-refractivity contribution in [2.75, 3.05) is 6.61 Å². The summed E-state index contributed by atoms with van der Waals surface area (Å²) in [5.74, 6) is 1.83. The Balaban J connectivity index is 1.77. The molecule has 0 aromatic heterocycles. The summed E-state index contributed by atoms with van der Waals surface area (Å²) in [6.45, 7) is 2.42. The van der Waals surface area contributed by atoms with Crippen LogP contribution >= 0.6 is 0 Å². The summed E-state index contributed by atoms with van der Waals surface area (Å²) in [6.07, 6.45) is 7.94. The Labute approximate surface area is 86.0 Å². The van der Waals surface area contributed by atoms with E-state index in [2.05, 4.69) is 0 Å². The SMILES string of the molecule is CCOC(=O)C1CC1C1CCCCC1. The van der Waals surface area contributed by atoms with Crippen molar-refractivity contribution in [1.82, 2.24) is 0 Å². The summed E-state index contributed by atoms with van der Waals surface area (Å²) in [5.41, 5.74) is 0. The van der Waals surface area contributed by atoms with E-state index in [9.17, 15) is 4.79 Å². The van der Waals surface area contributed by atoms with Crippen molar-refractivity contribution in [1.29, 1.82) is 0 Å². The minimum atomic E-state index is 0.0584. The van der Waals surface area contributed by atoms with Crippen molar-refractivity contribution in [3.63, 3.8) is 0 Å². The monoisotopic (exact) mass is 196 g/mol. The van der Waals surface area contributed by atoms with Crippen LogP contribution in [0.15, 0.2) is 0 Å². The molecule has 2 saturated carbocycles. The van der Waals surface area contributed by atoms with Gasteiger partial charge in [0.05, 0.1) is 12.5 Å². The predicted molar refractivity (Wildman–Crippen MR) is 54.8 cm³/mol. The van der Waals surface area contributed by atoms with E-state index in [1.54, 1.807) is 0 Å². The molecule has 2 atom stereocenters. The molecule has 14 heavy (non-hydrogen) atoms. The normalized spacial score (nSPS) is 32.6. The average molecular weight is 196 g/mol. The summed E-state index contributed by atoms with van der Waals surface area (Å²) in [7, 11) is 0. The number of rotatable bonds is 3. The number of hydrogen-bond donors (Lipinski definition) is 0. The van der Waals surface area contributed by atoms with E-state index in [-0.39, 0.29) is 11.9 Å². The molecular weight excluding hydrogens is 176 g/mol.